The van der Waals surface area contributed by atoms with Gasteiger partial charge in [-0.15, -0.1) is 0 Å². The molecule has 2 heterocycles. The van der Waals surface area contributed by atoms with E-state index in [1.807, 2.05) is 36.1 Å². The lowest BCUT2D eigenvalue weighted by atomic mass is 10.2. The number of piperazine rings is 1. The summed E-state index contributed by atoms with van der Waals surface area (Å²) in [6, 6.07) is 10.00. The van der Waals surface area contributed by atoms with Crippen molar-refractivity contribution in [2.24, 2.45) is 0 Å². The number of halogens is 2. The molecule has 30 heavy (non-hydrogen) atoms. The van der Waals surface area contributed by atoms with Crippen molar-refractivity contribution in [2.75, 3.05) is 36.4 Å². The van der Waals surface area contributed by atoms with Crippen molar-refractivity contribution >= 4 is 28.6 Å². The Morgan fingerprint density at radius 1 is 1.10 bits per heavy atom. The van der Waals surface area contributed by atoms with Crippen LogP contribution in [-0.2, 0) is 6.54 Å². The first-order valence-corrected chi connectivity index (χ1v) is 9.73. The number of aryl methyl sites for hydroxylation is 1. The van der Waals surface area contributed by atoms with Gasteiger partial charge >= 0.3 is 6.03 Å². The summed E-state index contributed by atoms with van der Waals surface area (Å²) in [5, 5.41) is 2.46. The molecule has 0 aliphatic carbocycles. The number of urea groups is 1. The number of nitrogens with one attached hydrogen (secondary N) is 1. The molecule has 0 unspecified atom stereocenters. The third-order valence-electron chi connectivity index (χ3n) is 5.19. The van der Waals surface area contributed by atoms with Gasteiger partial charge < -0.3 is 19.7 Å². The van der Waals surface area contributed by atoms with Crippen LogP contribution in [0.25, 0.3) is 11.0 Å². The van der Waals surface area contributed by atoms with Crippen LogP contribution in [0.3, 0.4) is 0 Å². The van der Waals surface area contributed by atoms with E-state index in [0.29, 0.717) is 38.5 Å². The SMILES string of the molecule is CCn1c(=O)c(N2CCN(C(=O)Nc3ccc(F)cc3F)CC2)nc2ccccc21. The summed E-state index contributed by atoms with van der Waals surface area (Å²) < 4.78 is 28.5. The van der Waals surface area contributed by atoms with E-state index in [0.717, 1.165) is 23.2 Å². The lowest BCUT2D eigenvalue weighted by Gasteiger charge is -2.35. The minimum absolute atomic E-state index is 0.0779. The van der Waals surface area contributed by atoms with Crippen molar-refractivity contribution in [3.05, 3.63) is 64.5 Å². The Balaban J connectivity index is 1.49. The fourth-order valence-corrected chi connectivity index (χ4v) is 3.61. The Bertz CT molecular complexity index is 1160. The fourth-order valence-electron chi connectivity index (χ4n) is 3.61. The second-order valence-corrected chi connectivity index (χ2v) is 7.00. The molecule has 0 radical (unpaired) electrons. The predicted octanol–water partition coefficient (Wildman–Crippen LogP) is 3.05. The molecule has 2 aromatic carbocycles. The average molecular weight is 413 g/mol. The lowest BCUT2D eigenvalue weighted by molar-refractivity contribution is 0.208. The van der Waals surface area contributed by atoms with E-state index < -0.39 is 17.7 Å². The molecule has 0 spiro atoms. The van der Waals surface area contributed by atoms with Crippen molar-refractivity contribution in [3.8, 4) is 0 Å². The molecule has 4 rings (SSSR count). The average Bonchev–Trinajstić information content (AvgIpc) is 2.75. The number of amides is 2. The number of carbonyl (C=O) groups excluding carboxylic acids is 1. The van der Waals surface area contributed by atoms with Crippen LogP contribution in [0.15, 0.2) is 47.3 Å². The Morgan fingerprint density at radius 3 is 2.53 bits per heavy atom. The van der Waals surface area contributed by atoms with Crippen molar-refractivity contribution < 1.29 is 13.6 Å². The van der Waals surface area contributed by atoms with Crippen molar-refractivity contribution in [1.82, 2.24) is 14.5 Å². The Labute approximate surface area is 171 Å². The number of anilines is 2. The van der Waals surface area contributed by atoms with Crippen molar-refractivity contribution in [3.63, 3.8) is 0 Å². The van der Waals surface area contributed by atoms with Gasteiger partial charge in [-0.25, -0.2) is 18.6 Å². The molecule has 9 heteroatoms. The van der Waals surface area contributed by atoms with Crippen LogP contribution in [0.1, 0.15) is 6.92 Å². The molecule has 1 aromatic heterocycles. The maximum Gasteiger partial charge on any atom is 0.322 e. The van der Waals surface area contributed by atoms with Crippen LogP contribution in [0.5, 0.6) is 0 Å². The Kier molecular flexibility index (Phi) is 5.35. The Morgan fingerprint density at radius 2 is 1.83 bits per heavy atom. The number of benzene rings is 2. The quantitative estimate of drug-likeness (QED) is 0.717. The molecule has 1 fully saturated rings. The highest BCUT2D eigenvalue weighted by molar-refractivity contribution is 5.89. The summed E-state index contributed by atoms with van der Waals surface area (Å²) in [6.45, 7) is 3.96. The first-order chi connectivity index (χ1) is 14.5. The van der Waals surface area contributed by atoms with Crippen LogP contribution < -0.4 is 15.8 Å². The summed E-state index contributed by atoms with van der Waals surface area (Å²) in [6.07, 6.45) is 0. The van der Waals surface area contributed by atoms with Crippen LogP contribution >= 0.6 is 0 Å². The van der Waals surface area contributed by atoms with E-state index in [2.05, 4.69) is 10.3 Å². The normalized spacial score (nSPS) is 14.2. The number of nitrogens with zero attached hydrogens (tertiary/aromatic N) is 4. The molecule has 0 atom stereocenters. The predicted molar refractivity (Wildman–Crippen MR) is 111 cm³/mol. The first kappa shape index (κ1) is 19.8. The maximum atomic E-state index is 13.8. The number of fused-ring (bicyclic) bond motifs is 1. The van der Waals surface area contributed by atoms with E-state index in [4.69, 9.17) is 0 Å². The molecule has 1 aliphatic heterocycles. The topological polar surface area (TPSA) is 70.5 Å². The van der Waals surface area contributed by atoms with E-state index in [-0.39, 0.29) is 11.2 Å². The van der Waals surface area contributed by atoms with Gasteiger partial charge in [-0.3, -0.25) is 4.79 Å². The monoisotopic (exact) mass is 413 g/mol. The summed E-state index contributed by atoms with van der Waals surface area (Å²) in [5.41, 5.74) is 1.28. The molecular formula is C21H21F2N5O2. The maximum absolute atomic E-state index is 13.8. The van der Waals surface area contributed by atoms with Crippen LogP contribution in [0.4, 0.5) is 25.1 Å². The van der Waals surface area contributed by atoms with Gasteiger partial charge in [0.1, 0.15) is 11.6 Å². The molecule has 0 saturated carbocycles. The number of carbonyl (C=O) groups is 1. The minimum Gasteiger partial charge on any atom is -0.348 e. The third kappa shape index (κ3) is 3.70. The first-order valence-electron chi connectivity index (χ1n) is 9.73. The molecular weight excluding hydrogens is 392 g/mol. The number of aromatic nitrogens is 2. The third-order valence-corrected chi connectivity index (χ3v) is 5.19. The highest BCUT2D eigenvalue weighted by Crippen LogP contribution is 2.18. The molecule has 1 aliphatic rings. The molecule has 156 valence electrons. The number of rotatable bonds is 3. The Hall–Kier alpha value is -3.49. The second kappa shape index (κ2) is 8.10. The second-order valence-electron chi connectivity index (χ2n) is 7.00. The van der Waals surface area contributed by atoms with Gasteiger partial charge in [0.25, 0.3) is 5.56 Å². The summed E-state index contributed by atoms with van der Waals surface area (Å²) in [5.74, 6) is -1.18. The summed E-state index contributed by atoms with van der Waals surface area (Å²) in [4.78, 5) is 33.3. The van der Waals surface area contributed by atoms with Crippen LogP contribution in [-0.4, -0.2) is 46.7 Å². The molecule has 2 amide bonds. The van der Waals surface area contributed by atoms with Gasteiger partial charge in [0.2, 0.25) is 0 Å². The van der Waals surface area contributed by atoms with E-state index in [1.165, 1.54) is 11.0 Å². The zero-order chi connectivity index (χ0) is 21.3. The molecule has 1 saturated heterocycles. The van der Waals surface area contributed by atoms with Gasteiger partial charge in [-0.05, 0) is 31.2 Å². The number of para-hydroxylation sites is 2. The highest BCUT2D eigenvalue weighted by atomic mass is 19.1. The number of hydrogen-bond donors (Lipinski definition) is 1. The van der Waals surface area contributed by atoms with Gasteiger partial charge in [-0.2, -0.15) is 0 Å². The molecule has 7 nitrogen and oxygen atoms in total. The van der Waals surface area contributed by atoms with Gasteiger partial charge in [0.15, 0.2) is 5.82 Å². The van der Waals surface area contributed by atoms with Crippen LogP contribution in [0, 0.1) is 11.6 Å². The van der Waals surface area contributed by atoms with E-state index >= 15 is 0 Å². The fraction of sp³-hybridized carbons (Fsp3) is 0.286. The molecule has 1 N–H and O–H groups in total. The minimum atomic E-state index is -0.831. The smallest absolute Gasteiger partial charge is 0.322 e. The summed E-state index contributed by atoms with van der Waals surface area (Å²) in [7, 11) is 0. The van der Waals surface area contributed by atoms with E-state index in [1.54, 1.807) is 4.57 Å². The largest absolute Gasteiger partial charge is 0.348 e. The molecule has 3 aromatic rings. The zero-order valence-corrected chi connectivity index (χ0v) is 16.4. The van der Waals surface area contributed by atoms with E-state index in [9.17, 15) is 18.4 Å². The van der Waals surface area contributed by atoms with Crippen molar-refractivity contribution in [2.45, 2.75) is 13.5 Å². The summed E-state index contributed by atoms with van der Waals surface area (Å²) >= 11 is 0. The zero-order valence-electron chi connectivity index (χ0n) is 16.4. The lowest BCUT2D eigenvalue weighted by Crippen LogP contribution is -2.51. The van der Waals surface area contributed by atoms with Crippen LogP contribution in [0.2, 0.25) is 0 Å². The highest BCUT2D eigenvalue weighted by Gasteiger charge is 2.25. The molecule has 0 bridgehead atoms. The van der Waals surface area contributed by atoms with Gasteiger partial charge in [0.05, 0.1) is 16.7 Å². The van der Waals surface area contributed by atoms with Gasteiger partial charge in [-0.1, -0.05) is 12.1 Å². The van der Waals surface area contributed by atoms with Crippen molar-refractivity contribution in [1.29, 1.82) is 0 Å². The number of hydrogen-bond acceptors (Lipinski definition) is 4. The van der Waals surface area contributed by atoms with Gasteiger partial charge in [0, 0.05) is 38.8 Å². The standard InChI is InChI=1S/C21H21F2N5O2/c1-2-28-18-6-4-3-5-17(18)24-19(20(28)29)26-9-11-27(12-10-26)21(30)25-16-8-7-14(22)13-15(16)23/h3-8,13H,2,9-12H2,1H3,(H,25,30).